The molecule has 8 heteroatoms. The highest BCUT2D eigenvalue weighted by Gasteiger charge is 2.33. The first-order valence-corrected chi connectivity index (χ1v) is 12.3. The number of likely N-dealkylation sites (tertiary alicyclic amines) is 1. The van der Waals surface area contributed by atoms with Crippen molar-refractivity contribution < 1.29 is 13.2 Å². The molecule has 0 aliphatic carbocycles. The topological polar surface area (TPSA) is 86.4 Å². The van der Waals surface area contributed by atoms with Gasteiger partial charge in [0.15, 0.2) is 0 Å². The van der Waals surface area contributed by atoms with Gasteiger partial charge in [-0.05, 0) is 56.0 Å². The molecule has 0 saturated carbocycles. The van der Waals surface area contributed by atoms with Crippen LogP contribution in [0, 0.1) is 0 Å². The fourth-order valence-corrected chi connectivity index (χ4v) is 6.20. The van der Waals surface area contributed by atoms with Gasteiger partial charge in [-0.25, -0.2) is 13.4 Å². The van der Waals surface area contributed by atoms with E-state index in [1.807, 2.05) is 29.2 Å². The second-order valence-electron chi connectivity index (χ2n) is 8.29. The zero-order valence-corrected chi connectivity index (χ0v) is 18.1. The van der Waals surface area contributed by atoms with E-state index in [4.69, 9.17) is 0 Å². The molecule has 1 amide bonds. The van der Waals surface area contributed by atoms with Crippen LogP contribution >= 0.6 is 0 Å². The molecule has 3 heterocycles. The lowest BCUT2D eigenvalue weighted by molar-refractivity contribution is 0.0730. The Balaban J connectivity index is 1.42. The Bertz CT molecular complexity index is 1180. The van der Waals surface area contributed by atoms with Crippen LogP contribution in [0.3, 0.4) is 0 Å². The molecule has 3 aromatic rings. The van der Waals surface area contributed by atoms with Gasteiger partial charge in [-0.1, -0.05) is 24.6 Å². The number of carbonyl (C=O) groups excluding carboxylic acids is 1. The lowest BCUT2D eigenvalue weighted by Gasteiger charge is -2.26. The average molecular weight is 439 g/mol. The van der Waals surface area contributed by atoms with Gasteiger partial charge in [-0.3, -0.25) is 4.79 Å². The van der Waals surface area contributed by atoms with Gasteiger partial charge < -0.3 is 9.88 Å². The first-order valence-electron chi connectivity index (χ1n) is 10.9. The number of rotatable bonds is 4. The maximum Gasteiger partial charge on any atom is 0.254 e. The number of imidazole rings is 1. The highest BCUT2D eigenvalue weighted by molar-refractivity contribution is 7.89. The minimum Gasteiger partial charge on any atom is -0.340 e. The molecule has 162 valence electrons. The number of H-pyrrole nitrogens is 1. The van der Waals surface area contributed by atoms with Crippen molar-refractivity contribution in [2.45, 2.75) is 43.0 Å². The Morgan fingerprint density at radius 2 is 1.77 bits per heavy atom. The minimum atomic E-state index is -3.58. The van der Waals surface area contributed by atoms with Crippen molar-refractivity contribution >= 4 is 27.0 Å². The van der Waals surface area contributed by atoms with Crippen LogP contribution in [0.1, 0.15) is 54.3 Å². The molecule has 1 aromatic heterocycles. The number of carbonyl (C=O) groups is 1. The van der Waals surface area contributed by atoms with Gasteiger partial charge in [0, 0.05) is 25.2 Å². The smallest absolute Gasteiger partial charge is 0.254 e. The van der Waals surface area contributed by atoms with Gasteiger partial charge in [0.2, 0.25) is 10.0 Å². The Labute approximate surface area is 182 Å². The third kappa shape index (κ3) is 3.74. The first-order chi connectivity index (χ1) is 15.0. The predicted octanol–water partition coefficient (Wildman–Crippen LogP) is 3.71. The lowest BCUT2D eigenvalue weighted by atomic mass is 10.1. The number of piperidine rings is 1. The lowest BCUT2D eigenvalue weighted by Crippen LogP contribution is -2.36. The van der Waals surface area contributed by atoms with E-state index in [0.717, 1.165) is 49.0 Å². The van der Waals surface area contributed by atoms with Crippen molar-refractivity contribution in [1.82, 2.24) is 19.2 Å². The van der Waals surface area contributed by atoms with Crippen LogP contribution in [0.15, 0.2) is 53.4 Å². The molecule has 2 fully saturated rings. The zero-order valence-electron chi connectivity index (χ0n) is 17.3. The summed E-state index contributed by atoms with van der Waals surface area (Å²) in [6.07, 6.45) is 4.54. The summed E-state index contributed by atoms with van der Waals surface area (Å²) in [6.45, 7) is 1.71. The molecule has 0 spiro atoms. The minimum absolute atomic E-state index is 0.137. The standard InChI is InChI=1S/C23H26N4O3S/c28-23(17-8-6-9-18(16-17)31(29,30)26-13-4-1-5-14-26)27-15-7-12-21(27)22-24-19-10-2-3-11-20(19)25-22/h2-3,6,8-11,16,21H,1,4-5,7,12-15H2,(H,24,25). The van der Waals surface area contributed by atoms with Crippen LogP contribution in [0.5, 0.6) is 0 Å². The normalized spacial score (nSPS) is 20.4. The second kappa shape index (κ2) is 8.09. The molecular weight excluding hydrogens is 412 g/mol. The Morgan fingerprint density at radius 1 is 0.968 bits per heavy atom. The fourth-order valence-electron chi connectivity index (χ4n) is 4.63. The summed E-state index contributed by atoms with van der Waals surface area (Å²) in [4.78, 5) is 23.4. The van der Waals surface area contributed by atoms with E-state index in [-0.39, 0.29) is 16.8 Å². The molecule has 2 saturated heterocycles. The van der Waals surface area contributed by atoms with Crippen molar-refractivity contribution in [2.24, 2.45) is 0 Å². The number of aromatic nitrogens is 2. The van der Waals surface area contributed by atoms with Crippen LogP contribution < -0.4 is 0 Å². The largest absolute Gasteiger partial charge is 0.340 e. The molecule has 2 aromatic carbocycles. The monoisotopic (exact) mass is 438 g/mol. The molecule has 2 aliphatic heterocycles. The van der Waals surface area contributed by atoms with Crippen LogP contribution in [-0.4, -0.2) is 53.1 Å². The third-order valence-electron chi connectivity index (χ3n) is 6.27. The Hall–Kier alpha value is -2.71. The number of aromatic amines is 1. The van der Waals surface area contributed by atoms with Crippen LogP contribution in [0.25, 0.3) is 11.0 Å². The van der Waals surface area contributed by atoms with Gasteiger partial charge in [-0.2, -0.15) is 4.31 Å². The molecular formula is C23H26N4O3S. The fraction of sp³-hybridized carbons (Fsp3) is 0.391. The number of nitrogens with zero attached hydrogens (tertiary/aromatic N) is 3. The van der Waals surface area contributed by atoms with E-state index in [1.54, 1.807) is 18.2 Å². The summed E-state index contributed by atoms with van der Waals surface area (Å²) in [5, 5.41) is 0. The van der Waals surface area contributed by atoms with Gasteiger partial charge in [-0.15, -0.1) is 0 Å². The van der Waals surface area contributed by atoms with Crippen molar-refractivity contribution in [3.8, 4) is 0 Å². The van der Waals surface area contributed by atoms with Gasteiger partial charge in [0.25, 0.3) is 5.91 Å². The molecule has 1 N–H and O–H groups in total. The van der Waals surface area contributed by atoms with E-state index in [0.29, 0.717) is 25.2 Å². The Kier molecular flexibility index (Phi) is 5.27. The highest BCUT2D eigenvalue weighted by atomic mass is 32.2. The number of hydrogen-bond donors (Lipinski definition) is 1. The molecule has 1 unspecified atom stereocenters. The number of benzene rings is 2. The highest BCUT2D eigenvalue weighted by Crippen LogP contribution is 2.33. The van der Waals surface area contributed by atoms with Crippen molar-refractivity contribution in [1.29, 1.82) is 0 Å². The van der Waals surface area contributed by atoms with E-state index in [9.17, 15) is 13.2 Å². The van der Waals surface area contributed by atoms with Crippen LogP contribution in [0.2, 0.25) is 0 Å². The quantitative estimate of drug-likeness (QED) is 0.673. The van der Waals surface area contributed by atoms with Crippen molar-refractivity contribution in [3.63, 3.8) is 0 Å². The van der Waals surface area contributed by atoms with E-state index >= 15 is 0 Å². The number of hydrogen-bond acceptors (Lipinski definition) is 4. The van der Waals surface area contributed by atoms with Crippen molar-refractivity contribution in [3.05, 3.63) is 59.9 Å². The Morgan fingerprint density at radius 3 is 2.58 bits per heavy atom. The predicted molar refractivity (Wildman–Crippen MR) is 118 cm³/mol. The maximum absolute atomic E-state index is 13.4. The zero-order chi connectivity index (χ0) is 21.4. The van der Waals surface area contributed by atoms with Gasteiger partial charge >= 0.3 is 0 Å². The third-order valence-corrected chi connectivity index (χ3v) is 8.17. The van der Waals surface area contributed by atoms with Crippen molar-refractivity contribution in [2.75, 3.05) is 19.6 Å². The summed E-state index contributed by atoms with van der Waals surface area (Å²) >= 11 is 0. The van der Waals surface area contributed by atoms with E-state index in [2.05, 4.69) is 9.97 Å². The second-order valence-corrected chi connectivity index (χ2v) is 10.2. The summed E-state index contributed by atoms with van der Waals surface area (Å²) in [5.41, 5.74) is 2.24. The molecule has 0 radical (unpaired) electrons. The summed E-state index contributed by atoms with van der Waals surface area (Å²) < 4.78 is 27.6. The van der Waals surface area contributed by atoms with Gasteiger partial charge in [0.05, 0.1) is 22.0 Å². The molecule has 0 bridgehead atoms. The number of nitrogens with one attached hydrogen (secondary N) is 1. The molecule has 31 heavy (non-hydrogen) atoms. The number of para-hydroxylation sites is 2. The number of sulfonamides is 1. The molecule has 2 aliphatic rings. The van der Waals surface area contributed by atoms with Gasteiger partial charge in [0.1, 0.15) is 5.82 Å². The average Bonchev–Trinajstić information content (AvgIpc) is 3.46. The molecule has 7 nitrogen and oxygen atoms in total. The molecule has 5 rings (SSSR count). The van der Waals surface area contributed by atoms with E-state index < -0.39 is 10.0 Å². The van der Waals surface area contributed by atoms with Crippen LogP contribution in [-0.2, 0) is 10.0 Å². The number of amides is 1. The SMILES string of the molecule is O=C(c1cccc(S(=O)(=O)N2CCCCC2)c1)N1CCCC1c1nc2ccccc2[nH]1. The number of fused-ring (bicyclic) bond motifs is 1. The van der Waals surface area contributed by atoms with E-state index in [1.165, 1.54) is 10.4 Å². The molecule has 1 atom stereocenters. The summed E-state index contributed by atoms with van der Waals surface area (Å²) in [7, 11) is -3.58. The maximum atomic E-state index is 13.4. The summed E-state index contributed by atoms with van der Waals surface area (Å²) in [5.74, 6) is 0.628. The first kappa shape index (κ1) is 20.2. The van der Waals surface area contributed by atoms with Crippen LogP contribution in [0.4, 0.5) is 0 Å². The summed E-state index contributed by atoms with van der Waals surface area (Å²) in [6, 6.07) is 14.2.